The van der Waals surface area contributed by atoms with E-state index >= 15 is 0 Å². The number of aromatic nitrogens is 1. The van der Waals surface area contributed by atoms with Crippen LogP contribution < -0.4 is 25.5 Å². The number of carbonyl (C=O) groups excluding carboxylic acids is 1. The number of carbonyl (C=O) groups is 1. The monoisotopic (exact) mass is 411 g/mol. The van der Waals surface area contributed by atoms with Gasteiger partial charge >= 0.3 is 4.87 Å². The molecule has 0 spiro atoms. The summed E-state index contributed by atoms with van der Waals surface area (Å²) in [6.07, 6.45) is 3.39. The van der Waals surface area contributed by atoms with Crippen molar-refractivity contribution in [3.63, 3.8) is 0 Å². The van der Waals surface area contributed by atoms with Crippen LogP contribution in [-0.4, -0.2) is 18.0 Å². The molecular formula is C20H14ClN3O3S. The molecule has 1 amide bonds. The average molecular weight is 412 g/mol. The number of hydrogen-bond acceptors (Lipinski definition) is 5. The molecule has 0 saturated carbocycles. The standard InChI is InChI=1S/C20H14ClN3O3S/c1-27-15-6-7-16-11(9-15)8-12(19(25)23-16)10-17-18(24-20(26)28-17)22-14-4-2-13(21)3-5-14/h2-10,22H,1H3,(H,24,26). The fourth-order valence-electron chi connectivity index (χ4n) is 2.74. The van der Waals surface area contributed by atoms with E-state index in [1.54, 1.807) is 55.7 Å². The molecule has 3 aromatic rings. The lowest BCUT2D eigenvalue weighted by molar-refractivity contribution is -0.114. The fraction of sp³-hybridized carbons (Fsp3) is 0.0500. The normalized spacial score (nSPS) is 14.2. The number of amides is 1. The summed E-state index contributed by atoms with van der Waals surface area (Å²) in [5.41, 5.74) is 1.15. The first kappa shape index (κ1) is 18.2. The van der Waals surface area contributed by atoms with Gasteiger partial charge in [0.1, 0.15) is 11.6 Å². The largest absolute Gasteiger partial charge is 0.497 e. The SMILES string of the molecule is COc1ccc2c(c1)=CC(=Cc1sc(=O)[nH]c1Nc1ccc(Cl)cc1)C(=O)N=2. The highest BCUT2D eigenvalue weighted by Gasteiger charge is 2.14. The average Bonchev–Trinajstić information content (AvgIpc) is 3.02. The Morgan fingerprint density at radius 1 is 1.18 bits per heavy atom. The number of halogens is 1. The Morgan fingerprint density at radius 3 is 2.71 bits per heavy atom. The van der Waals surface area contributed by atoms with E-state index in [0.29, 0.717) is 32.4 Å². The third kappa shape index (κ3) is 3.76. The van der Waals surface area contributed by atoms with Gasteiger partial charge in [-0.05, 0) is 54.6 Å². The van der Waals surface area contributed by atoms with Crippen molar-refractivity contribution < 1.29 is 9.53 Å². The van der Waals surface area contributed by atoms with Crippen LogP contribution in [-0.2, 0) is 4.79 Å². The molecule has 0 bridgehead atoms. The number of nitrogens with zero attached hydrogens (tertiary/aromatic N) is 1. The van der Waals surface area contributed by atoms with Gasteiger partial charge in [0.15, 0.2) is 0 Å². The number of H-pyrrole nitrogens is 1. The van der Waals surface area contributed by atoms with Gasteiger partial charge in [-0.2, -0.15) is 0 Å². The lowest BCUT2D eigenvalue weighted by Crippen LogP contribution is -2.30. The van der Waals surface area contributed by atoms with E-state index in [9.17, 15) is 9.59 Å². The van der Waals surface area contributed by atoms with E-state index in [1.165, 1.54) is 0 Å². The molecular weight excluding hydrogens is 398 g/mol. The number of nitrogens with one attached hydrogen (secondary N) is 2. The number of anilines is 2. The van der Waals surface area contributed by atoms with Crippen molar-refractivity contribution in [2.75, 3.05) is 12.4 Å². The number of hydrogen-bond donors (Lipinski definition) is 2. The van der Waals surface area contributed by atoms with E-state index in [4.69, 9.17) is 16.3 Å². The maximum atomic E-state index is 12.4. The molecule has 2 aromatic carbocycles. The van der Waals surface area contributed by atoms with Crippen LogP contribution in [0.2, 0.25) is 5.02 Å². The van der Waals surface area contributed by atoms with Gasteiger partial charge in [-0.25, -0.2) is 4.99 Å². The second kappa shape index (κ2) is 7.46. The summed E-state index contributed by atoms with van der Waals surface area (Å²) in [7, 11) is 1.58. The number of benzene rings is 2. The number of ether oxygens (including phenoxy) is 1. The molecule has 8 heteroatoms. The van der Waals surface area contributed by atoms with Gasteiger partial charge < -0.3 is 10.1 Å². The van der Waals surface area contributed by atoms with Gasteiger partial charge in [0.2, 0.25) is 0 Å². The molecule has 0 atom stereocenters. The quantitative estimate of drug-likeness (QED) is 0.646. The zero-order valence-corrected chi connectivity index (χ0v) is 16.2. The van der Waals surface area contributed by atoms with E-state index < -0.39 is 0 Å². The smallest absolute Gasteiger partial charge is 0.306 e. The van der Waals surface area contributed by atoms with Crippen LogP contribution in [0.5, 0.6) is 5.75 Å². The minimum Gasteiger partial charge on any atom is -0.497 e. The van der Waals surface area contributed by atoms with Crippen LogP contribution in [0.4, 0.5) is 11.5 Å². The van der Waals surface area contributed by atoms with Crippen LogP contribution in [0, 0.1) is 0 Å². The highest BCUT2D eigenvalue weighted by Crippen LogP contribution is 2.25. The molecule has 2 N–H and O–H groups in total. The van der Waals surface area contributed by atoms with Crippen molar-refractivity contribution in [3.8, 4) is 5.75 Å². The van der Waals surface area contributed by atoms with Gasteiger partial charge in [-0.3, -0.25) is 14.6 Å². The van der Waals surface area contributed by atoms with Gasteiger partial charge in [0.25, 0.3) is 5.91 Å². The Labute approximate surface area is 168 Å². The van der Waals surface area contributed by atoms with E-state index in [1.807, 2.05) is 6.07 Å². The second-order valence-electron chi connectivity index (χ2n) is 5.97. The van der Waals surface area contributed by atoms with Gasteiger partial charge in [-0.1, -0.05) is 22.9 Å². The maximum Gasteiger partial charge on any atom is 0.306 e. The molecule has 0 aliphatic carbocycles. The third-order valence-corrected chi connectivity index (χ3v) is 5.17. The molecule has 0 radical (unpaired) electrons. The Morgan fingerprint density at radius 2 is 1.96 bits per heavy atom. The Bertz CT molecular complexity index is 1270. The molecule has 1 aliphatic rings. The molecule has 1 aromatic heterocycles. The van der Waals surface area contributed by atoms with Gasteiger partial charge in [0, 0.05) is 21.5 Å². The summed E-state index contributed by atoms with van der Waals surface area (Å²) < 4.78 is 5.23. The molecule has 0 fully saturated rings. The van der Waals surface area contributed by atoms with Crippen LogP contribution in [0.1, 0.15) is 4.88 Å². The van der Waals surface area contributed by atoms with E-state index in [2.05, 4.69) is 15.3 Å². The zero-order valence-electron chi connectivity index (χ0n) is 14.7. The van der Waals surface area contributed by atoms with Crippen molar-refractivity contribution in [1.82, 2.24) is 4.98 Å². The summed E-state index contributed by atoms with van der Waals surface area (Å²) in [6.45, 7) is 0. The zero-order chi connectivity index (χ0) is 19.7. The third-order valence-electron chi connectivity index (χ3n) is 4.09. The topological polar surface area (TPSA) is 83.5 Å². The number of rotatable bonds is 4. The minimum atomic E-state index is -0.365. The molecule has 6 nitrogen and oxygen atoms in total. The summed E-state index contributed by atoms with van der Waals surface area (Å²) in [6, 6.07) is 12.4. The van der Waals surface area contributed by atoms with Crippen LogP contribution in [0.15, 0.2) is 57.8 Å². The summed E-state index contributed by atoms with van der Waals surface area (Å²) in [5.74, 6) is 0.814. The van der Waals surface area contributed by atoms with E-state index in [-0.39, 0.29) is 10.8 Å². The summed E-state index contributed by atoms with van der Waals surface area (Å²) in [4.78, 5) is 31.5. The number of thiazole rings is 1. The Kier molecular flexibility index (Phi) is 4.85. The Balaban J connectivity index is 1.74. The van der Waals surface area contributed by atoms with Crippen molar-refractivity contribution in [2.24, 2.45) is 4.99 Å². The second-order valence-corrected chi connectivity index (χ2v) is 7.42. The van der Waals surface area contributed by atoms with Crippen molar-refractivity contribution in [2.45, 2.75) is 0 Å². The minimum absolute atomic E-state index is 0.231. The van der Waals surface area contributed by atoms with Crippen LogP contribution >= 0.6 is 22.9 Å². The Hall–Kier alpha value is -3.16. The molecule has 0 saturated heterocycles. The predicted molar refractivity (Wildman–Crippen MR) is 111 cm³/mol. The molecule has 2 heterocycles. The highest BCUT2D eigenvalue weighted by molar-refractivity contribution is 7.10. The predicted octanol–water partition coefficient (Wildman–Crippen LogP) is 2.87. The van der Waals surface area contributed by atoms with Gasteiger partial charge in [0.05, 0.1) is 17.3 Å². The molecule has 1 aliphatic heterocycles. The first-order chi connectivity index (χ1) is 13.5. The molecule has 4 rings (SSSR count). The molecule has 0 unspecified atom stereocenters. The number of fused-ring (bicyclic) bond motifs is 1. The van der Waals surface area contributed by atoms with Crippen molar-refractivity contribution in [1.29, 1.82) is 0 Å². The molecule has 28 heavy (non-hydrogen) atoms. The fourth-order valence-corrected chi connectivity index (χ4v) is 3.61. The lowest BCUT2D eigenvalue weighted by Gasteiger charge is -2.07. The number of aromatic amines is 1. The first-order valence-corrected chi connectivity index (χ1v) is 9.47. The van der Waals surface area contributed by atoms with Gasteiger partial charge in [-0.15, -0.1) is 0 Å². The summed E-state index contributed by atoms with van der Waals surface area (Å²) >= 11 is 6.91. The maximum absolute atomic E-state index is 12.4. The van der Waals surface area contributed by atoms with Crippen LogP contribution in [0.3, 0.4) is 0 Å². The van der Waals surface area contributed by atoms with Crippen LogP contribution in [0.25, 0.3) is 12.2 Å². The van der Waals surface area contributed by atoms with Crippen molar-refractivity contribution in [3.05, 3.63) is 78.2 Å². The summed E-state index contributed by atoms with van der Waals surface area (Å²) in [5, 5.41) is 5.12. The highest BCUT2D eigenvalue weighted by atomic mass is 35.5. The first-order valence-electron chi connectivity index (χ1n) is 8.28. The lowest BCUT2D eigenvalue weighted by atomic mass is 10.1. The molecule has 140 valence electrons. The van der Waals surface area contributed by atoms with Crippen molar-refractivity contribution >= 4 is 52.5 Å². The number of methoxy groups -OCH3 is 1. The van der Waals surface area contributed by atoms with E-state index in [0.717, 1.165) is 22.2 Å².